The molecule has 1 aliphatic heterocycles. The first-order chi connectivity index (χ1) is 10.2. The Hall–Kier alpha value is -1.56. The van der Waals surface area contributed by atoms with Crippen molar-refractivity contribution in [3.63, 3.8) is 0 Å². The van der Waals surface area contributed by atoms with Gasteiger partial charge in [-0.15, -0.1) is 0 Å². The van der Waals surface area contributed by atoms with Gasteiger partial charge in [0.1, 0.15) is 11.6 Å². The van der Waals surface area contributed by atoms with Crippen LogP contribution in [0.5, 0.6) is 0 Å². The van der Waals surface area contributed by atoms with E-state index >= 15 is 0 Å². The zero-order valence-corrected chi connectivity index (χ0v) is 12.1. The van der Waals surface area contributed by atoms with Crippen LogP contribution in [0.15, 0.2) is 30.6 Å². The zero-order chi connectivity index (χ0) is 14.7. The Bertz CT molecular complexity index is 615. The van der Waals surface area contributed by atoms with Gasteiger partial charge in [0.15, 0.2) is 0 Å². The molecule has 1 aromatic heterocycles. The smallest absolute Gasteiger partial charge is 0.132 e. The molecule has 2 heterocycles. The molecule has 2 aromatic rings. The highest BCUT2D eigenvalue weighted by Gasteiger charge is 2.17. The largest absolute Gasteiger partial charge is 0.371 e. The summed E-state index contributed by atoms with van der Waals surface area (Å²) in [5.74, 6) is 0.279. The van der Waals surface area contributed by atoms with E-state index in [0.29, 0.717) is 36.0 Å². The summed E-state index contributed by atoms with van der Waals surface area (Å²) < 4.78 is 19.8. The van der Waals surface area contributed by atoms with E-state index in [4.69, 9.17) is 16.3 Å². The summed E-state index contributed by atoms with van der Waals surface area (Å²) in [7, 11) is 0. The molecule has 1 fully saturated rings. The Balaban J connectivity index is 1.76. The lowest BCUT2D eigenvalue weighted by Gasteiger charge is -2.24. The SMILES string of the molecule is Fc1cc([C@@H]2CNCCO2)ccc1Cc1ncc(Cl)cn1. The third-order valence-corrected chi connectivity index (χ3v) is 3.59. The first-order valence-corrected chi connectivity index (χ1v) is 7.17. The standard InChI is InChI=1S/C15H15ClFN3O/c16-12-7-19-15(20-8-12)6-10-1-2-11(5-13(10)17)14-9-18-3-4-21-14/h1-2,5,7-8,14,18H,3-4,6,9H2/t14-/m0/s1. The van der Waals surface area contributed by atoms with Gasteiger partial charge in [-0.2, -0.15) is 0 Å². The van der Waals surface area contributed by atoms with Crippen molar-refractivity contribution < 1.29 is 9.13 Å². The van der Waals surface area contributed by atoms with Crippen LogP contribution >= 0.6 is 11.6 Å². The van der Waals surface area contributed by atoms with Crippen molar-refractivity contribution >= 4 is 11.6 Å². The van der Waals surface area contributed by atoms with Gasteiger partial charge >= 0.3 is 0 Å². The number of ether oxygens (including phenoxy) is 1. The predicted molar refractivity (Wildman–Crippen MR) is 77.8 cm³/mol. The molecule has 3 rings (SSSR count). The van der Waals surface area contributed by atoms with Gasteiger partial charge in [0.25, 0.3) is 0 Å². The molecule has 1 atom stereocenters. The molecular formula is C15H15ClFN3O. The van der Waals surface area contributed by atoms with Crippen LogP contribution < -0.4 is 5.32 Å². The van der Waals surface area contributed by atoms with Gasteiger partial charge in [0.2, 0.25) is 0 Å². The molecule has 0 saturated carbocycles. The molecule has 0 unspecified atom stereocenters. The maximum atomic E-state index is 14.2. The highest BCUT2D eigenvalue weighted by Crippen LogP contribution is 2.22. The van der Waals surface area contributed by atoms with Crippen LogP contribution in [0.2, 0.25) is 5.02 Å². The molecule has 1 N–H and O–H groups in total. The second kappa shape index (κ2) is 6.47. The molecule has 0 amide bonds. The summed E-state index contributed by atoms with van der Waals surface area (Å²) >= 11 is 5.73. The van der Waals surface area contributed by atoms with Gasteiger partial charge in [0.05, 0.1) is 17.7 Å². The lowest BCUT2D eigenvalue weighted by Crippen LogP contribution is -2.33. The van der Waals surface area contributed by atoms with E-state index in [1.807, 2.05) is 6.07 Å². The van der Waals surface area contributed by atoms with Crippen molar-refractivity contribution in [1.82, 2.24) is 15.3 Å². The van der Waals surface area contributed by atoms with Crippen LogP contribution in [-0.4, -0.2) is 29.7 Å². The van der Waals surface area contributed by atoms with Crippen LogP contribution in [0.25, 0.3) is 0 Å². The van der Waals surface area contributed by atoms with E-state index < -0.39 is 0 Å². The molecule has 0 spiro atoms. The summed E-state index contributed by atoms with van der Waals surface area (Å²) in [6.45, 7) is 2.19. The second-order valence-electron chi connectivity index (χ2n) is 4.91. The lowest BCUT2D eigenvalue weighted by molar-refractivity contribution is 0.0275. The molecule has 6 heteroatoms. The Morgan fingerprint density at radius 3 is 2.81 bits per heavy atom. The van der Waals surface area contributed by atoms with Gasteiger partial charge in [-0.05, 0) is 17.2 Å². The number of aromatic nitrogens is 2. The van der Waals surface area contributed by atoms with Crippen LogP contribution in [-0.2, 0) is 11.2 Å². The number of benzene rings is 1. The van der Waals surface area contributed by atoms with Crippen LogP contribution in [0.4, 0.5) is 4.39 Å². The van der Waals surface area contributed by atoms with Gasteiger partial charge < -0.3 is 10.1 Å². The van der Waals surface area contributed by atoms with Gasteiger partial charge in [-0.25, -0.2) is 14.4 Å². The minimum atomic E-state index is -0.264. The third-order valence-electron chi connectivity index (χ3n) is 3.40. The Kier molecular flexibility index (Phi) is 4.43. The highest BCUT2D eigenvalue weighted by molar-refractivity contribution is 6.30. The summed E-state index contributed by atoms with van der Waals surface area (Å²) in [4.78, 5) is 8.17. The predicted octanol–water partition coefficient (Wildman–Crippen LogP) is 2.52. The minimum Gasteiger partial charge on any atom is -0.371 e. The molecule has 0 bridgehead atoms. The van der Waals surface area contributed by atoms with E-state index in [2.05, 4.69) is 15.3 Å². The van der Waals surface area contributed by atoms with Gasteiger partial charge in [-0.3, -0.25) is 0 Å². The first kappa shape index (κ1) is 14.4. The van der Waals surface area contributed by atoms with Crippen molar-refractivity contribution in [2.45, 2.75) is 12.5 Å². The van der Waals surface area contributed by atoms with Crippen LogP contribution in [0.1, 0.15) is 23.1 Å². The first-order valence-electron chi connectivity index (χ1n) is 6.79. The molecule has 1 saturated heterocycles. The van der Waals surface area contributed by atoms with E-state index in [0.717, 1.165) is 12.1 Å². The topological polar surface area (TPSA) is 47.0 Å². The lowest BCUT2D eigenvalue weighted by atomic mass is 10.0. The van der Waals surface area contributed by atoms with E-state index in [1.165, 1.54) is 18.5 Å². The van der Waals surface area contributed by atoms with E-state index in [9.17, 15) is 4.39 Å². The average molecular weight is 308 g/mol. The highest BCUT2D eigenvalue weighted by atomic mass is 35.5. The monoisotopic (exact) mass is 307 g/mol. The normalized spacial score (nSPS) is 18.7. The van der Waals surface area contributed by atoms with Crippen molar-refractivity contribution in [2.75, 3.05) is 19.7 Å². The number of hydrogen-bond donors (Lipinski definition) is 1. The molecular weight excluding hydrogens is 293 g/mol. The van der Waals surface area contributed by atoms with Crippen LogP contribution in [0.3, 0.4) is 0 Å². The number of nitrogens with one attached hydrogen (secondary N) is 1. The van der Waals surface area contributed by atoms with Crippen molar-refractivity contribution in [3.05, 3.63) is 58.4 Å². The summed E-state index contributed by atoms with van der Waals surface area (Å²) in [5, 5.41) is 3.70. The number of hydrogen-bond acceptors (Lipinski definition) is 4. The van der Waals surface area contributed by atoms with E-state index in [1.54, 1.807) is 6.07 Å². The summed E-state index contributed by atoms with van der Waals surface area (Å²) in [6.07, 6.45) is 3.27. The summed E-state index contributed by atoms with van der Waals surface area (Å²) in [6, 6.07) is 5.19. The van der Waals surface area contributed by atoms with Crippen LogP contribution in [0, 0.1) is 5.82 Å². The molecule has 4 nitrogen and oxygen atoms in total. The third kappa shape index (κ3) is 3.56. The molecule has 0 aliphatic carbocycles. The Labute approximate surface area is 127 Å². The molecule has 1 aromatic carbocycles. The fourth-order valence-corrected chi connectivity index (χ4v) is 2.38. The molecule has 1 aliphatic rings. The molecule has 110 valence electrons. The van der Waals surface area contributed by atoms with Gasteiger partial charge in [-0.1, -0.05) is 23.7 Å². The maximum Gasteiger partial charge on any atom is 0.132 e. The fourth-order valence-electron chi connectivity index (χ4n) is 2.29. The summed E-state index contributed by atoms with van der Waals surface area (Å²) in [5.41, 5.74) is 1.41. The Morgan fingerprint density at radius 2 is 2.14 bits per heavy atom. The number of rotatable bonds is 3. The van der Waals surface area contributed by atoms with Crippen molar-refractivity contribution in [2.24, 2.45) is 0 Å². The number of morpholine rings is 1. The molecule has 0 radical (unpaired) electrons. The van der Waals surface area contributed by atoms with Crippen molar-refractivity contribution in [1.29, 1.82) is 0 Å². The number of nitrogens with zero attached hydrogens (tertiary/aromatic N) is 2. The fraction of sp³-hybridized carbons (Fsp3) is 0.333. The molecule has 21 heavy (non-hydrogen) atoms. The minimum absolute atomic E-state index is 0.0888. The van der Waals surface area contributed by atoms with E-state index in [-0.39, 0.29) is 11.9 Å². The number of halogens is 2. The average Bonchev–Trinajstić information content (AvgIpc) is 2.52. The van der Waals surface area contributed by atoms with Crippen molar-refractivity contribution in [3.8, 4) is 0 Å². The zero-order valence-electron chi connectivity index (χ0n) is 11.4. The second-order valence-corrected chi connectivity index (χ2v) is 5.35. The Morgan fingerprint density at radius 1 is 1.33 bits per heavy atom. The van der Waals surface area contributed by atoms with Gasteiger partial charge in [0, 0.05) is 31.9 Å². The quantitative estimate of drug-likeness (QED) is 0.946. The maximum absolute atomic E-state index is 14.2.